The molecule has 2 fully saturated rings. The zero-order valence-electron chi connectivity index (χ0n) is 12.0. The Labute approximate surface area is 111 Å². The molecule has 0 spiro atoms. The first-order valence-corrected chi connectivity index (χ1v) is 7.86. The summed E-state index contributed by atoms with van der Waals surface area (Å²) in [7, 11) is 0. The van der Waals surface area contributed by atoms with E-state index in [-0.39, 0.29) is 6.04 Å². The molecule has 2 atom stereocenters. The summed E-state index contributed by atoms with van der Waals surface area (Å²) in [6, 6.07) is 0.574. The molecule has 1 aliphatic carbocycles. The standard InChI is InChI=1S/C15H28N2O/c1-3-9-14-16-13(4-2)15(18)17(14)12-10-7-5-6-8-11-12/h12-14,16H,3-11H2,1-2H3. The zero-order chi connectivity index (χ0) is 13.0. The van der Waals surface area contributed by atoms with Gasteiger partial charge in [-0.2, -0.15) is 0 Å². The van der Waals surface area contributed by atoms with E-state index in [1.54, 1.807) is 0 Å². The van der Waals surface area contributed by atoms with E-state index in [4.69, 9.17) is 0 Å². The summed E-state index contributed by atoms with van der Waals surface area (Å²) >= 11 is 0. The van der Waals surface area contributed by atoms with Crippen molar-refractivity contribution in [3.8, 4) is 0 Å². The number of nitrogens with zero attached hydrogens (tertiary/aromatic N) is 1. The number of hydrogen-bond acceptors (Lipinski definition) is 2. The Morgan fingerprint density at radius 1 is 1.17 bits per heavy atom. The molecular formula is C15H28N2O. The highest BCUT2D eigenvalue weighted by atomic mass is 16.2. The molecule has 1 aliphatic heterocycles. The van der Waals surface area contributed by atoms with Crippen LogP contribution in [0.15, 0.2) is 0 Å². The van der Waals surface area contributed by atoms with E-state index in [0.717, 1.165) is 19.3 Å². The van der Waals surface area contributed by atoms with Crippen LogP contribution in [0.1, 0.15) is 71.6 Å². The number of rotatable bonds is 4. The Bertz CT molecular complexity index is 272. The summed E-state index contributed by atoms with van der Waals surface area (Å²) in [5, 5.41) is 3.54. The van der Waals surface area contributed by atoms with Crippen LogP contribution in [0.4, 0.5) is 0 Å². The molecule has 3 nitrogen and oxygen atoms in total. The number of amides is 1. The van der Waals surface area contributed by atoms with Gasteiger partial charge in [0, 0.05) is 6.04 Å². The predicted octanol–water partition coefficient (Wildman–Crippen LogP) is 3.05. The predicted molar refractivity (Wildman–Crippen MR) is 74.2 cm³/mol. The summed E-state index contributed by atoms with van der Waals surface area (Å²) in [5.74, 6) is 0.364. The van der Waals surface area contributed by atoms with Crippen LogP contribution in [0.5, 0.6) is 0 Å². The van der Waals surface area contributed by atoms with Gasteiger partial charge in [-0.3, -0.25) is 10.1 Å². The van der Waals surface area contributed by atoms with Crippen molar-refractivity contribution in [1.29, 1.82) is 0 Å². The van der Waals surface area contributed by atoms with Crippen LogP contribution >= 0.6 is 0 Å². The van der Waals surface area contributed by atoms with Crippen molar-refractivity contribution in [2.45, 2.75) is 89.9 Å². The van der Waals surface area contributed by atoms with Crippen molar-refractivity contribution in [3.05, 3.63) is 0 Å². The van der Waals surface area contributed by atoms with Crippen LogP contribution in [0, 0.1) is 0 Å². The van der Waals surface area contributed by atoms with Gasteiger partial charge >= 0.3 is 0 Å². The minimum atomic E-state index is 0.0739. The molecule has 0 radical (unpaired) electrons. The maximum absolute atomic E-state index is 12.5. The fourth-order valence-corrected chi connectivity index (χ4v) is 3.48. The molecular weight excluding hydrogens is 224 g/mol. The normalized spacial score (nSPS) is 30.8. The maximum Gasteiger partial charge on any atom is 0.241 e. The Kier molecular flexibility index (Phi) is 5.04. The number of nitrogens with one attached hydrogen (secondary N) is 1. The van der Waals surface area contributed by atoms with Crippen molar-refractivity contribution >= 4 is 5.91 Å². The first kappa shape index (κ1) is 13.9. The van der Waals surface area contributed by atoms with Crippen LogP contribution in [0.25, 0.3) is 0 Å². The van der Waals surface area contributed by atoms with E-state index in [0.29, 0.717) is 18.1 Å². The largest absolute Gasteiger partial charge is 0.323 e. The molecule has 0 aromatic carbocycles. The summed E-state index contributed by atoms with van der Waals surface area (Å²) in [5.41, 5.74) is 0. The van der Waals surface area contributed by atoms with Crippen molar-refractivity contribution in [1.82, 2.24) is 10.2 Å². The van der Waals surface area contributed by atoms with E-state index in [1.165, 1.54) is 38.5 Å². The lowest BCUT2D eigenvalue weighted by molar-refractivity contribution is -0.132. The molecule has 0 aromatic heterocycles. The highest BCUT2D eigenvalue weighted by molar-refractivity contribution is 5.84. The Morgan fingerprint density at radius 3 is 2.39 bits per heavy atom. The van der Waals surface area contributed by atoms with E-state index < -0.39 is 0 Å². The van der Waals surface area contributed by atoms with E-state index >= 15 is 0 Å². The highest BCUT2D eigenvalue weighted by Crippen LogP contribution is 2.28. The number of carbonyl (C=O) groups is 1. The van der Waals surface area contributed by atoms with Gasteiger partial charge in [0.2, 0.25) is 5.91 Å². The Hall–Kier alpha value is -0.570. The summed E-state index contributed by atoms with van der Waals surface area (Å²) < 4.78 is 0. The second-order valence-corrected chi connectivity index (χ2v) is 5.82. The van der Waals surface area contributed by atoms with Crippen LogP contribution in [-0.2, 0) is 4.79 Å². The van der Waals surface area contributed by atoms with Crippen molar-refractivity contribution in [3.63, 3.8) is 0 Å². The zero-order valence-corrected chi connectivity index (χ0v) is 12.0. The molecule has 0 bridgehead atoms. The molecule has 2 unspecified atom stereocenters. The third-order valence-corrected chi connectivity index (χ3v) is 4.47. The molecule has 2 rings (SSSR count). The third-order valence-electron chi connectivity index (χ3n) is 4.47. The van der Waals surface area contributed by atoms with Crippen LogP contribution < -0.4 is 5.32 Å². The molecule has 1 N–H and O–H groups in total. The molecule has 3 heteroatoms. The van der Waals surface area contributed by atoms with Crippen molar-refractivity contribution in [2.75, 3.05) is 0 Å². The molecule has 18 heavy (non-hydrogen) atoms. The van der Waals surface area contributed by atoms with E-state index in [1.807, 2.05) is 0 Å². The van der Waals surface area contributed by atoms with Crippen molar-refractivity contribution < 1.29 is 4.79 Å². The van der Waals surface area contributed by atoms with Gasteiger partial charge in [0.15, 0.2) is 0 Å². The van der Waals surface area contributed by atoms with Gasteiger partial charge in [-0.1, -0.05) is 46.0 Å². The van der Waals surface area contributed by atoms with Gasteiger partial charge in [-0.15, -0.1) is 0 Å². The number of hydrogen-bond donors (Lipinski definition) is 1. The quantitative estimate of drug-likeness (QED) is 0.780. The first-order valence-electron chi connectivity index (χ1n) is 7.86. The first-order chi connectivity index (χ1) is 8.77. The molecule has 1 saturated heterocycles. The maximum atomic E-state index is 12.5. The van der Waals surface area contributed by atoms with Gasteiger partial charge in [0.25, 0.3) is 0 Å². The minimum Gasteiger partial charge on any atom is -0.323 e. The second kappa shape index (κ2) is 6.55. The second-order valence-electron chi connectivity index (χ2n) is 5.82. The number of carbonyl (C=O) groups excluding carboxylic acids is 1. The lowest BCUT2D eigenvalue weighted by Crippen LogP contribution is -2.44. The van der Waals surface area contributed by atoms with Crippen LogP contribution in [-0.4, -0.2) is 29.1 Å². The smallest absolute Gasteiger partial charge is 0.241 e. The van der Waals surface area contributed by atoms with Crippen LogP contribution in [0.3, 0.4) is 0 Å². The minimum absolute atomic E-state index is 0.0739. The summed E-state index contributed by atoms with van der Waals surface area (Å²) in [4.78, 5) is 14.7. The van der Waals surface area contributed by atoms with Crippen LogP contribution in [0.2, 0.25) is 0 Å². The van der Waals surface area contributed by atoms with Gasteiger partial charge in [0.05, 0.1) is 12.2 Å². The average molecular weight is 252 g/mol. The van der Waals surface area contributed by atoms with Gasteiger partial charge in [-0.05, 0) is 25.7 Å². The molecule has 1 saturated carbocycles. The van der Waals surface area contributed by atoms with E-state index in [9.17, 15) is 4.79 Å². The summed E-state index contributed by atoms with van der Waals surface area (Å²) in [6.07, 6.45) is 11.2. The van der Waals surface area contributed by atoms with Gasteiger partial charge < -0.3 is 4.90 Å². The molecule has 2 aliphatic rings. The Balaban J connectivity index is 2.07. The molecule has 0 aromatic rings. The van der Waals surface area contributed by atoms with Crippen molar-refractivity contribution in [2.24, 2.45) is 0 Å². The van der Waals surface area contributed by atoms with Gasteiger partial charge in [0.1, 0.15) is 0 Å². The fraction of sp³-hybridized carbons (Fsp3) is 0.933. The fourth-order valence-electron chi connectivity index (χ4n) is 3.48. The highest BCUT2D eigenvalue weighted by Gasteiger charge is 2.40. The average Bonchev–Trinajstić information content (AvgIpc) is 2.58. The van der Waals surface area contributed by atoms with Gasteiger partial charge in [-0.25, -0.2) is 0 Å². The van der Waals surface area contributed by atoms with E-state index in [2.05, 4.69) is 24.1 Å². The lowest BCUT2D eigenvalue weighted by atomic mass is 10.1. The Morgan fingerprint density at radius 2 is 1.83 bits per heavy atom. The third kappa shape index (κ3) is 2.87. The topological polar surface area (TPSA) is 32.3 Å². The summed E-state index contributed by atoms with van der Waals surface area (Å²) in [6.45, 7) is 4.31. The molecule has 104 valence electrons. The molecule has 1 amide bonds. The lowest BCUT2D eigenvalue weighted by Gasteiger charge is -2.32. The monoisotopic (exact) mass is 252 g/mol. The molecule has 1 heterocycles. The SMILES string of the molecule is CCCC1NC(CC)C(=O)N1C1CCCCCC1.